The lowest BCUT2D eigenvalue weighted by Crippen LogP contribution is -2.22. The van der Waals surface area contributed by atoms with Crippen LogP contribution < -0.4 is 5.32 Å². The van der Waals surface area contributed by atoms with E-state index in [0.717, 1.165) is 0 Å². The summed E-state index contributed by atoms with van der Waals surface area (Å²) in [4.78, 5) is 15.1. The van der Waals surface area contributed by atoms with Gasteiger partial charge >= 0.3 is 0 Å². The smallest absolute Gasteiger partial charge is 0.254 e. The maximum atomic E-state index is 11.3. The number of H-pyrrole nitrogens is 1. The molecule has 1 amide bonds. The van der Waals surface area contributed by atoms with Gasteiger partial charge in [-0.15, -0.1) is 0 Å². The highest BCUT2D eigenvalue weighted by atomic mass is 16.5. The van der Waals surface area contributed by atoms with Crippen molar-refractivity contribution >= 4 is 5.91 Å². The summed E-state index contributed by atoms with van der Waals surface area (Å²) in [5.74, 6) is 0.199. The summed E-state index contributed by atoms with van der Waals surface area (Å²) in [5, 5.41) is 12.3. The molecule has 0 atom stereocenters. The van der Waals surface area contributed by atoms with Crippen molar-refractivity contribution in [2.45, 2.75) is 6.54 Å². The summed E-state index contributed by atoms with van der Waals surface area (Å²) in [6, 6.07) is 0. The third-order valence-corrected chi connectivity index (χ3v) is 1.57. The second-order valence-corrected chi connectivity index (χ2v) is 2.52. The third-order valence-electron chi connectivity index (χ3n) is 1.57. The minimum atomic E-state index is -0.233. The van der Waals surface area contributed by atoms with Crippen LogP contribution in [0.5, 0.6) is 0 Å². The molecule has 0 aliphatic heterocycles. The zero-order valence-corrected chi connectivity index (χ0v) is 7.10. The van der Waals surface area contributed by atoms with Gasteiger partial charge in [-0.05, 0) is 0 Å². The molecule has 2 aromatic rings. The number of amides is 1. The Morgan fingerprint density at radius 2 is 2.57 bits per heavy atom. The first-order valence-electron chi connectivity index (χ1n) is 3.88. The van der Waals surface area contributed by atoms with E-state index in [9.17, 15) is 4.79 Å². The lowest BCUT2D eigenvalue weighted by atomic mass is 10.3. The van der Waals surface area contributed by atoms with Crippen LogP contribution >= 0.6 is 0 Å². The average molecular weight is 193 g/mol. The minimum absolute atomic E-state index is 0.233. The van der Waals surface area contributed by atoms with E-state index in [-0.39, 0.29) is 12.5 Å². The van der Waals surface area contributed by atoms with Gasteiger partial charge in [0.05, 0.1) is 18.3 Å². The van der Waals surface area contributed by atoms with Crippen LogP contribution in [0.15, 0.2) is 23.3 Å². The Bertz CT molecular complexity index is 394. The Morgan fingerprint density at radius 1 is 1.64 bits per heavy atom. The predicted molar refractivity (Wildman–Crippen MR) is 44.1 cm³/mol. The lowest BCUT2D eigenvalue weighted by Gasteiger charge is -1.97. The van der Waals surface area contributed by atoms with Crippen LogP contribution in [-0.4, -0.2) is 26.2 Å². The van der Waals surface area contributed by atoms with E-state index in [1.54, 1.807) is 0 Å². The number of carbonyl (C=O) groups excluding carboxylic acids is 1. The van der Waals surface area contributed by atoms with E-state index in [4.69, 9.17) is 0 Å². The van der Waals surface area contributed by atoms with Gasteiger partial charge in [-0.2, -0.15) is 10.1 Å². The van der Waals surface area contributed by atoms with E-state index in [2.05, 4.69) is 30.2 Å². The standard InChI is InChI=1S/C7H7N5O2/c13-7(5-1-10-11-2-5)8-3-6-9-4-14-12-6/h1-2,4H,3H2,(H,8,13)(H,10,11). The van der Waals surface area contributed by atoms with Crippen molar-refractivity contribution in [1.82, 2.24) is 25.7 Å². The van der Waals surface area contributed by atoms with Gasteiger partial charge in [-0.3, -0.25) is 9.89 Å². The molecule has 2 N–H and O–H groups in total. The maximum absolute atomic E-state index is 11.3. The molecule has 14 heavy (non-hydrogen) atoms. The Balaban J connectivity index is 1.90. The topological polar surface area (TPSA) is 96.7 Å². The van der Waals surface area contributed by atoms with Gasteiger partial charge in [-0.1, -0.05) is 5.16 Å². The average Bonchev–Trinajstić information content (AvgIpc) is 2.87. The zero-order valence-electron chi connectivity index (χ0n) is 7.10. The van der Waals surface area contributed by atoms with Crippen LogP contribution in [0.25, 0.3) is 0 Å². The molecule has 0 bridgehead atoms. The lowest BCUT2D eigenvalue weighted by molar-refractivity contribution is 0.0949. The molecule has 0 saturated carbocycles. The van der Waals surface area contributed by atoms with Gasteiger partial charge in [-0.25, -0.2) is 0 Å². The second-order valence-electron chi connectivity index (χ2n) is 2.52. The van der Waals surface area contributed by atoms with E-state index in [0.29, 0.717) is 11.4 Å². The number of aromatic amines is 1. The van der Waals surface area contributed by atoms with Crippen molar-refractivity contribution in [2.24, 2.45) is 0 Å². The molecule has 0 unspecified atom stereocenters. The van der Waals surface area contributed by atoms with Gasteiger partial charge in [0.1, 0.15) is 0 Å². The van der Waals surface area contributed by atoms with Gasteiger partial charge < -0.3 is 9.84 Å². The fourth-order valence-electron chi connectivity index (χ4n) is 0.907. The Kier molecular flexibility index (Phi) is 2.22. The number of hydrogen-bond acceptors (Lipinski definition) is 5. The van der Waals surface area contributed by atoms with Crippen molar-refractivity contribution in [1.29, 1.82) is 0 Å². The first kappa shape index (κ1) is 8.42. The van der Waals surface area contributed by atoms with Crippen LogP contribution in [0.1, 0.15) is 16.2 Å². The summed E-state index contributed by atoms with van der Waals surface area (Å²) in [6.45, 7) is 0.237. The number of aromatic nitrogens is 4. The highest BCUT2D eigenvalue weighted by Gasteiger charge is 2.06. The molecule has 0 aliphatic rings. The van der Waals surface area contributed by atoms with Gasteiger partial charge in [0.25, 0.3) is 5.91 Å². The molecule has 0 radical (unpaired) electrons. The molecule has 72 valence electrons. The number of rotatable bonds is 3. The van der Waals surface area contributed by atoms with E-state index < -0.39 is 0 Å². The first-order chi connectivity index (χ1) is 6.86. The largest absolute Gasteiger partial charge is 0.345 e. The summed E-state index contributed by atoms with van der Waals surface area (Å²) in [5.41, 5.74) is 0.466. The van der Waals surface area contributed by atoms with Crippen molar-refractivity contribution in [3.8, 4) is 0 Å². The number of hydrogen-bond donors (Lipinski definition) is 2. The van der Waals surface area contributed by atoms with Crippen LogP contribution in [0.3, 0.4) is 0 Å². The van der Waals surface area contributed by atoms with Crippen molar-refractivity contribution < 1.29 is 9.32 Å². The molecule has 0 fully saturated rings. The molecule has 0 aliphatic carbocycles. The van der Waals surface area contributed by atoms with Crippen LogP contribution in [0.4, 0.5) is 0 Å². The molecule has 7 heteroatoms. The van der Waals surface area contributed by atoms with Crippen LogP contribution in [-0.2, 0) is 6.54 Å². The molecular formula is C7H7N5O2. The molecule has 2 rings (SSSR count). The third kappa shape index (κ3) is 1.76. The van der Waals surface area contributed by atoms with Gasteiger partial charge in [0.2, 0.25) is 6.39 Å². The van der Waals surface area contributed by atoms with Crippen molar-refractivity contribution in [3.05, 3.63) is 30.2 Å². The van der Waals surface area contributed by atoms with Crippen LogP contribution in [0.2, 0.25) is 0 Å². The normalized spacial score (nSPS) is 10.0. The summed E-state index contributed by atoms with van der Waals surface area (Å²) in [6.07, 6.45) is 4.15. The molecule has 2 heterocycles. The molecule has 0 saturated heterocycles. The Hall–Kier alpha value is -2.18. The summed E-state index contributed by atoms with van der Waals surface area (Å²) >= 11 is 0. The number of nitrogens with zero attached hydrogens (tertiary/aromatic N) is 3. The predicted octanol–water partition coefficient (Wildman–Crippen LogP) is -0.277. The molecule has 0 aromatic carbocycles. The van der Waals surface area contributed by atoms with Crippen LogP contribution in [0, 0.1) is 0 Å². The fourth-order valence-corrected chi connectivity index (χ4v) is 0.907. The SMILES string of the molecule is O=C(NCc1ncon1)c1cn[nH]c1. The molecule has 2 aromatic heterocycles. The Labute approximate surface area is 78.5 Å². The molecule has 0 spiro atoms. The number of carbonyl (C=O) groups is 1. The van der Waals surface area contributed by atoms with Crippen molar-refractivity contribution in [2.75, 3.05) is 0 Å². The second kappa shape index (κ2) is 3.69. The first-order valence-corrected chi connectivity index (χ1v) is 3.88. The minimum Gasteiger partial charge on any atom is -0.345 e. The highest BCUT2D eigenvalue weighted by molar-refractivity contribution is 5.93. The van der Waals surface area contributed by atoms with Gasteiger partial charge in [0.15, 0.2) is 5.82 Å². The van der Waals surface area contributed by atoms with E-state index in [1.807, 2.05) is 0 Å². The van der Waals surface area contributed by atoms with E-state index in [1.165, 1.54) is 18.8 Å². The molecule has 7 nitrogen and oxygen atoms in total. The highest BCUT2D eigenvalue weighted by Crippen LogP contribution is 1.94. The zero-order chi connectivity index (χ0) is 9.80. The summed E-state index contributed by atoms with van der Waals surface area (Å²) < 4.78 is 4.51. The Morgan fingerprint density at radius 3 is 3.21 bits per heavy atom. The van der Waals surface area contributed by atoms with E-state index >= 15 is 0 Å². The quantitative estimate of drug-likeness (QED) is 0.698. The maximum Gasteiger partial charge on any atom is 0.254 e. The van der Waals surface area contributed by atoms with Gasteiger partial charge in [0, 0.05) is 6.20 Å². The van der Waals surface area contributed by atoms with Crippen molar-refractivity contribution in [3.63, 3.8) is 0 Å². The number of nitrogens with one attached hydrogen (secondary N) is 2. The monoisotopic (exact) mass is 193 g/mol. The fraction of sp³-hybridized carbons (Fsp3) is 0.143. The summed E-state index contributed by atoms with van der Waals surface area (Å²) in [7, 11) is 0. The molecular weight excluding hydrogens is 186 g/mol.